The smallest absolute Gasteiger partial charge is 0.147 e. The van der Waals surface area contributed by atoms with Crippen molar-refractivity contribution < 1.29 is 4.74 Å². The van der Waals surface area contributed by atoms with Gasteiger partial charge in [0.1, 0.15) is 11.0 Å². The van der Waals surface area contributed by atoms with Gasteiger partial charge in [-0.3, -0.25) is 0 Å². The summed E-state index contributed by atoms with van der Waals surface area (Å²) in [5, 5.41) is 0. The number of thioether (sulfide) groups is 1. The molecule has 0 N–H and O–H groups in total. The molecule has 11 heavy (non-hydrogen) atoms. The van der Waals surface area contributed by atoms with Gasteiger partial charge in [0.05, 0.1) is 0 Å². The zero-order valence-corrected chi connectivity index (χ0v) is 6.80. The van der Waals surface area contributed by atoms with Crippen LogP contribution >= 0.6 is 11.8 Å². The summed E-state index contributed by atoms with van der Waals surface area (Å²) in [5.41, 5.74) is 0. The lowest BCUT2D eigenvalue weighted by Gasteiger charge is -2.00. The monoisotopic (exact) mass is 164 g/mol. The first kappa shape index (κ1) is 6.09. The molecule has 1 aliphatic heterocycles. The predicted molar refractivity (Wildman–Crippen MR) is 44.5 cm³/mol. The van der Waals surface area contributed by atoms with Crippen LogP contribution in [0.5, 0.6) is 0 Å². The van der Waals surface area contributed by atoms with Crippen LogP contribution in [0.25, 0.3) is 0 Å². The van der Waals surface area contributed by atoms with Gasteiger partial charge in [-0.2, -0.15) is 0 Å². The minimum absolute atomic E-state index is 0.237. The van der Waals surface area contributed by atoms with Crippen LogP contribution in [-0.4, -0.2) is 11.0 Å². The fraction of sp³-hybridized carbons (Fsp3) is 0.333. The Bertz CT molecular complexity index is 277. The SMILES string of the molecule is c1ccc(SC23CC2O3)cc1. The fourth-order valence-electron chi connectivity index (χ4n) is 1.22. The van der Waals surface area contributed by atoms with E-state index < -0.39 is 0 Å². The van der Waals surface area contributed by atoms with E-state index in [0.717, 1.165) is 0 Å². The van der Waals surface area contributed by atoms with E-state index in [-0.39, 0.29) is 4.93 Å². The summed E-state index contributed by atoms with van der Waals surface area (Å²) >= 11 is 1.86. The van der Waals surface area contributed by atoms with Crippen LogP contribution in [0, 0.1) is 0 Å². The Morgan fingerprint density at radius 2 is 2.00 bits per heavy atom. The molecule has 1 nitrogen and oxygen atoms in total. The van der Waals surface area contributed by atoms with E-state index >= 15 is 0 Å². The lowest BCUT2D eigenvalue weighted by molar-refractivity contribution is 0.278. The molecule has 3 rings (SSSR count). The highest BCUT2D eigenvalue weighted by molar-refractivity contribution is 8.01. The van der Waals surface area contributed by atoms with Crippen LogP contribution in [0.15, 0.2) is 35.2 Å². The molecule has 0 spiro atoms. The summed E-state index contributed by atoms with van der Waals surface area (Å²) in [7, 11) is 0. The molecular weight excluding hydrogens is 156 g/mol. The molecule has 1 heterocycles. The first-order valence-electron chi connectivity index (χ1n) is 3.81. The van der Waals surface area contributed by atoms with Crippen molar-refractivity contribution >= 4 is 11.8 Å². The van der Waals surface area contributed by atoms with Crippen LogP contribution in [0.2, 0.25) is 0 Å². The fourth-order valence-corrected chi connectivity index (χ4v) is 2.44. The Balaban J connectivity index is 1.80. The zero-order valence-electron chi connectivity index (χ0n) is 5.99. The van der Waals surface area contributed by atoms with Crippen molar-refractivity contribution in [1.29, 1.82) is 0 Å². The van der Waals surface area contributed by atoms with Crippen molar-refractivity contribution in [3.8, 4) is 0 Å². The Labute approximate surface area is 69.8 Å². The van der Waals surface area contributed by atoms with E-state index in [9.17, 15) is 0 Å². The van der Waals surface area contributed by atoms with Crippen molar-refractivity contribution in [3.63, 3.8) is 0 Å². The minimum Gasteiger partial charge on any atom is -0.354 e. The lowest BCUT2D eigenvalue weighted by atomic mass is 10.4. The van der Waals surface area contributed by atoms with Crippen LogP contribution in [0.3, 0.4) is 0 Å². The Morgan fingerprint density at radius 1 is 1.36 bits per heavy atom. The van der Waals surface area contributed by atoms with E-state index in [2.05, 4.69) is 24.3 Å². The van der Waals surface area contributed by atoms with Crippen LogP contribution in [-0.2, 0) is 4.74 Å². The van der Waals surface area contributed by atoms with Crippen LogP contribution in [0.1, 0.15) is 6.42 Å². The molecule has 1 aromatic rings. The summed E-state index contributed by atoms with van der Waals surface area (Å²) in [6, 6.07) is 10.4. The van der Waals surface area contributed by atoms with Gasteiger partial charge in [-0.05, 0) is 12.1 Å². The summed E-state index contributed by atoms with van der Waals surface area (Å²) in [5.74, 6) is 0. The van der Waals surface area contributed by atoms with Gasteiger partial charge in [0.2, 0.25) is 0 Å². The largest absolute Gasteiger partial charge is 0.354 e. The number of benzene rings is 1. The molecule has 1 aliphatic carbocycles. The summed E-state index contributed by atoms with van der Waals surface area (Å²) < 4.78 is 5.36. The van der Waals surface area contributed by atoms with Gasteiger partial charge in [-0.25, -0.2) is 0 Å². The maximum atomic E-state index is 5.36. The van der Waals surface area contributed by atoms with Gasteiger partial charge >= 0.3 is 0 Å². The third-order valence-corrected chi connectivity index (χ3v) is 3.50. The molecule has 1 saturated carbocycles. The van der Waals surface area contributed by atoms with Gasteiger partial charge < -0.3 is 4.74 Å². The molecule has 0 radical (unpaired) electrons. The predicted octanol–water partition coefficient (Wildman–Crippen LogP) is 2.28. The molecule has 1 aromatic carbocycles. The van der Waals surface area contributed by atoms with Gasteiger partial charge in [-0.15, -0.1) is 0 Å². The highest BCUT2D eigenvalue weighted by Gasteiger charge is 2.74. The van der Waals surface area contributed by atoms with Gasteiger partial charge in [0.15, 0.2) is 0 Å². The molecule has 0 amide bonds. The van der Waals surface area contributed by atoms with E-state index in [0.29, 0.717) is 6.10 Å². The topological polar surface area (TPSA) is 12.5 Å². The zero-order chi connectivity index (χ0) is 7.31. The lowest BCUT2D eigenvalue weighted by Crippen LogP contribution is -1.86. The molecule has 56 valence electrons. The number of rotatable bonds is 2. The van der Waals surface area contributed by atoms with Gasteiger partial charge in [-0.1, -0.05) is 30.0 Å². The molecule has 0 aromatic heterocycles. The first-order chi connectivity index (χ1) is 5.39. The highest BCUT2D eigenvalue weighted by Crippen LogP contribution is 2.68. The second-order valence-corrected chi connectivity index (χ2v) is 4.40. The molecule has 2 atom stereocenters. The number of hydrogen-bond donors (Lipinski definition) is 0. The summed E-state index contributed by atoms with van der Waals surface area (Å²) in [4.78, 5) is 1.56. The van der Waals surface area contributed by atoms with Crippen LogP contribution in [0.4, 0.5) is 0 Å². The van der Waals surface area contributed by atoms with Crippen molar-refractivity contribution in [1.82, 2.24) is 0 Å². The second kappa shape index (κ2) is 1.82. The minimum atomic E-state index is 0.237. The molecule has 1 saturated heterocycles. The van der Waals surface area contributed by atoms with Gasteiger partial charge in [0, 0.05) is 11.3 Å². The standard InChI is InChI=1S/C9H8OS/c1-2-4-7(5-3-1)11-9-6-8(9)10-9/h1-5,8H,6H2. The molecule has 2 heteroatoms. The molecule has 2 fully saturated rings. The molecule has 2 unspecified atom stereocenters. The molecule has 2 aliphatic rings. The number of ether oxygens (including phenoxy) is 1. The third kappa shape index (κ3) is 0.898. The Kier molecular flexibility index (Phi) is 1.01. The van der Waals surface area contributed by atoms with E-state index in [1.807, 2.05) is 17.8 Å². The van der Waals surface area contributed by atoms with Crippen molar-refractivity contribution in [2.24, 2.45) is 0 Å². The maximum Gasteiger partial charge on any atom is 0.147 e. The number of hydrogen-bond acceptors (Lipinski definition) is 2. The number of epoxide rings is 1. The maximum absolute atomic E-state index is 5.36. The first-order valence-corrected chi connectivity index (χ1v) is 4.63. The molecular formula is C9H8OS. The Morgan fingerprint density at radius 3 is 2.55 bits per heavy atom. The van der Waals surface area contributed by atoms with Crippen molar-refractivity contribution in [2.75, 3.05) is 0 Å². The van der Waals surface area contributed by atoms with E-state index in [1.165, 1.54) is 11.3 Å². The normalized spacial score (nSPS) is 38.0. The van der Waals surface area contributed by atoms with Crippen LogP contribution < -0.4 is 0 Å². The third-order valence-electron chi connectivity index (χ3n) is 2.12. The average molecular weight is 164 g/mol. The van der Waals surface area contributed by atoms with E-state index in [1.54, 1.807) is 0 Å². The summed E-state index contributed by atoms with van der Waals surface area (Å²) in [6.45, 7) is 0. The molecule has 0 bridgehead atoms. The van der Waals surface area contributed by atoms with E-state index in [4.69, 9.17) is 4.74 Å². The highest BCUT2D eigenvalue weighted by atomic mass is 32.2. The van der Waals surface area contributed by atoms with Crippen molar-refractivity contribution in [3.05, 3.63) is 30.3 Å². The number of fused-ring (bicyclic) bond motifs is 1. The summed E-state index contributed by atoms with van der Waals surface area (Å²) in [6.07, 6.45) is 1.85. The Hall–Kier alpha value is -0.470. The second-order valence-electron chi connectivity index (χ2n) is 3.04. The quantitative estimate of drug-likeness (QED) is 0.622. The average Bonchev–Trinajstić information content (AvgIpc) is 2.79. The van der Waals surface area contributed by atoms with Gasteiger partial charge in [0.25, 0.3) is 0 Å². The van der Waals surface area contributed by atoms with Crippen molar-refractivity contribution in [2.45, 2.75) is 22.4 Å².